The normalized spacial score (nSPS) is 16.2. The van der Waals surface area contributed by atoms with Gasteiger partial charge in [0.2, 0.25) is 0 Å². The van der Waals surface area contributed by atoms with Crippen molar-refractivity contribution >= 4 is 0 Å². The fourth-order valence-electron chi connectivity index (χ4n) is 1.84. The Kier molecular flexibility index (Phi) is 2.91. The number of hydrogen-bond donors (Lipinski definition) is 1. The molecule has 1 heterocycles. The van der Waals surface area contributed by atoms with E-state index in [1.54, 1.807) is 0 Å². The molecule has 1 aromatic rings. The van der Waals surface area contributed by atoms with E-state index in [0.717, 1.165) is 22.7 Å². The minimum atomic E-state index is 0.400. The second kappa shape index (κ2) is 4.19. The molecule has 15 heavy (non-hydrogen) atoms. The third kappa shape index (κ3) is 2.12. The van der Waals surface area contributed by atoms with Crippen molar-refractivity contribution in [3.8, 4) is 5.75 Å². The maximum atomic E-state index is 5.91. The molecule has 2 N–H and O–H groups in total. The van der Waals surface area contributed by atoms with Crippen molar-refractivity contribution in [2.75, 3.05) is 0 Å². The molecule has 0 atom stereocenters. The molecule has 3 nitrogen and oxygen atoms in total. The Morgan fingerprint density at radius 2 is 2.20 bits per heavy atom. The molecule has 0 unspecified atom stereocenters. The number of hydrogen-bond acceptors (Lipinski definition) is 3. The van der Waals surface area contributed by atoms with Crippen LogP contribution in [0, 0.1) is 13.8 Å². The summed E-state index contributed by atoms with van der Waals surface area (Å²) >= 11 is 0. The van der Waals surface area contributed by atoms with Crippen LogP contribution in [-0.4, -0.2) is 11.1 Å². The van der Waals surface area contributed by atoms with Crippen molar-refractivity contribution in [2.45, 2.75) is 45.8 Å². The summed E-state index contributed by atoms with van der Waals surface area (Å²) in [6, 6.07) is 1.99. The zero-order valence-corrected chi connectivity index (χ0v) is 9.42. The number of aryl methyl sites for hydroxylation is 2. The molecule has 1 aliphatic carbocycles. The van der Waals surface area contributed by atoms with Gasteiger partial charge in [-0.15, -0.1) is 0 Å². The maximum absolute atomic E-state index is 5.91. The van der Waals surface area contributed by atoms with Crippen LogP contribution < -0.4 is 10.5 Å². The van der Waals surface area contributed by atoms with Crippen LogP contribution in [0.5, 0.6) is 5.75 Å². The number of ether oxygens (including phenoxy) is 1. The van der Waals surface area contributed by atoms with Gasteiger partial charge in [-0.25, -0.2) is 0 Å². The summed E-state index contributed by atoms with van der Waals surface area (Å²) in [5.74, 6) is 0.937. The van der Waals surface area contributed by atoms with Crippen molar-refractivity contribution in [1.29, 1.82) is 0 Å². The van der Waals surface area contributed by atoms with Gasteiger partial charge >= 0.3 is 0 Å². The lowest BCUT2D eigenvalue weighted by molar-refractivity contribution is 0.119. The molecular formula is C12H18N2O. The van der Waals surface area contributed by atoms with E-state index in [-0.39, 0.29) is 0 Å². The van der Waals surface area contributed by atoms with Crippen molar-refractivity contribution in [3.05, 3.63) is 23.0 Å². The predicted molar refractivity (Wildman–Crippen MR) is 59.9 cm³/mol. The Hall–Kier alpha value is -1.09. The lowest BCUT2D eigenvalue weighted by Crippen LogP contribution is -2.25. The summed E-state index contributed by atoms with van der Waals surface area (Å²) in [4.78, 5) is 4.40. The number of pyridine rings is 1. The highest BCUT2D eigenvalue weighted by molar-refractivity contribution is 5.37. The molecule has 0 spiro atoms. The minimum absolute atomic E-state index is 0.400. The summed E-state index contributed by atoms with van der Waals surface area (Å²) in [6.07, 6.45) is 4.03. The first-order valence-electron chi connectivity index (χ1n) is 5.54. The Morgan fingerprint density at radius 1 is 1.47 bits per heavy atom. The topological polar surface area (TPSA) is 48.1 Å². The first-order chi connectivity index (χ1) is 7.20. The first kappa shape index (κ1) is 10.4. The van der Waals surface area contributed by atoms with Crippen LogP contribution in [-0.2, 0) is 6.54 Å². The minimum Gasteiger partial charge on any atom is -0.490 e. The number of aromatic nitrogens is 1. The highest BCUT2D eigenvalue weighted by Gasteiger charge is 2.21. The largest absolute Gasteiger partial charge is 0.490 e. The fourth-order valence-corrected chi connectivity index (χ4v) is 1.84. The molecule has 0 saturated heterocycles. The van der Waals surface area contributed by atoms with Gasteiger partial charge < -0.3 is 10.5 Å². The quantitative estimate of drug-likeness (QED) is 0.823. The number of rotatable bonds is 3. The Balaban J connectivity index is 2.25. The molecule has 0 radical (unpaired) electrons. The number of nitrogens with zero attached hydrogens (tertiary/aromatic N) is 1. The molecular weight excluding hydrogens is 188 g/mol. The maximum Gasteiger partial charge on any atom is 0.127 e. The molecule has 1 aromatic heterocycles. The van der Waals surface area contributed by atoms with E-state index in [4.69, 9.17) is 10.5 Å². The van der Waals surface area contributed by atoms with Crippen LogP contribution in [0.25, 0.3) is 0 Å². The van der Waals surface area contributed by atoms with Crippen molar-refractivity contribution in [2.24, 2.45) is 5.73 Å². The molecule has 0 aromatic carbocycles. The molecule has 1 saturated carbocycles. The first-order valence-corrected chi connectivity index (χ1v) is 5.54. The zero-order valence-electron chi connectivity index (χ0n) is 9.42. The summed E-state index contributed by atoms with van der Waals surface area (Å²) < 4.78 is 5.91. The van der Waals surface area contributed by atoms with Gasteiger partial charge in [-0.05, 0) is 33.1 Å². The van der Waals surface area contributed by atoms with Gasteiger partial charge in [0.1, 0.15) is 5.75 Å². The second-order valence-electron chi connectivity index (χ2n) is 4.20. The predicted octanol–water partition coefficient (Wildman–Crippen LogP) is 2.09. The monoisotopic (exact) mass is 206 g/mol. The molecule has 0 amide bonds. The third-order valence-electron chi connectivity index (χ3n) is 2.97. The van der Waals surface area contributed by atoms with E-state index in [0.29, 0.717) is 12.6 Å². The van der Waals surface area contributed by atoms with E-state index in [2.05, 4.69) is 4.98 Å². The van der Waals surface area contributed by atoms with Crippen LogP contribution in [0.3, 0.4) is 0 Å². The van der Waals surface area contributed by atoms with E-state index in [1.807, 2.05) is 19.9 Å². The summed E-state index contributed by atoms with van der Waals surface area (Å²) in [5, 5.41) is 0. The Bertz CT molecular complexity index is 359. The van der Waals surface area contributed by atoms with Gasteiger partial charge in [-0.3, -0.25) is 4.98 Å². The third-order valence-corrected chi connectivity index (χ3v) is 2.97. The van der Waals surface area contributed by atoms with Gasteiger partial charge in [0.05, 0.1) is 6.10 Å². The van der Waals surface area contributed by atoms with Gasteiger partial charge in [0.25, 0.3) is 0 Å². The molecule has 1 aliphatic rings. The van der Waals surface area contributed by atoms with Gasteiger partial charge in [0, 0.05) is 29.6 Å². The van der Waals surface area contributed by atoms with E-state index >= 15 is 0 Å². The summed E-state index contributed by atoms with van der Waals surface area (Å²) in [5.41, 5.74) is 8.76. The SMILES string of the molecule is Cc1cc(OC2CCC2)c(CN)c(C)n1. The molecule has 0 aliphatic heterocycles. The summed E-state index contributed by atoms with van der Waals surface area (Å²) in [6.45, 7) is 4.48. The second-order valence-corrected chi connectivity index (χ2v) is 4.20. The highest BCUT2D eigenvalue weighted by Crippen LogP contribution is 2.29. The molecule has 82 valence electrons. The van der Waals surface area contributed by atoms with Crippen LogP contribution in [0.4, 0.5) is 0 Å². The smallest absolute Gasteiger partial charge is 0.127 e. The molecule has 3 heteroatoms. The average molecular weight is 206 g/mol. The highest BCUT2D eigenvalue weighted by atomic mass is 16.5. The Morgan fingerprint density at radius 3 is 2.73 bits per heavy atom. The van der Waals surface area contributed by atoms with E-state index in [9.17, 15) is 0 Å². The van der Waals surface area contributed by atoms with Crippen LogP contribution in [0.15, 0.2) is 6.07 Å². The lowest BCUT2D eigenvalue weighted by atomic mass is 9.96. The van der Waals surface area contributed by atoms with Gasteiger partial charge in [0.15, 0.2) is 0 Å². The summed E-state index contributed by atoms with van der Waals surface area (Å²) in [7, 11) is 0. The van der Waals surface area contributed by atoms with Gasteiger partial charge in [-0.2, -0.15) is 0 Å². The van der Waals surface area contributed by atoms with Crippen molar-refractivity contribution in [3.63, 3.8) is 0 Å². The van der Waals surface area contributed by atoms with E-state index in [1.165, 1.54) is 19.3 Å². The average Bonchev–Trinajstić information content (AvgIpc) is 2.10. The molecule has 0 bridgehead atoms. The van der Waals surface area contributed by atoms with Crippen LogP contribution in [0.1, 0.15) is 36.2 Å². The lowest BCUT2D eigenvalue weighted by Gasteiger charge is -2.27. The van der Waals surface area contributed by atoms with Crippen LogP contribution >= 0.6 is 0 Å². The molecule has 1 fully saturated rings. The fraction of sp³-hybridized carbons (Fsp3) is 0.583. The Labute approximate surface area is 90.7 Å². The van der Waals surface area contributed by atoms with Crippen LogP contribution in [0.2, 0.25) is 0 Å². The number of nitrogens with two attached hydrogens (primary N) is 1. The standard InChI is InChI=1S/C12H18N2O/c1-8-6-12(15-10-4-3-5-10)11(7-13)9(2)14-8/h6,10H,3-5,7,13H2,1-2H3. The van der Waals surface area contributed by atoms with Crippen molar-refractivity contribution < 1.29 is 4.74 Å². The van der Waals surface area contributed by atoms with E-state index < -0.39 is 0 Å². The van der Waals surface area contributed by atoms with Crippen molar-refractivity contribution in [1.82, 2.24) is 4.98 Å². The zero-order chi connectivity index (χ0) is 10.8. The molecule has 2 rings (SSSR count). The van der Waals surface area contributed by atoms with Gasteiger partial charge in [-0.1, -0.05) is 0 Å².